The predicted molar refractivity (Wildman–Crippen MR) is 235 cm³/mol. The van der Waals surface area contributed by atoms with E-state index in [0.717, 1.165) is 44.4 Å². The Kier molecular flexibility index (Phi) is 5.23. The van der Waals surface area contributed by atoms with E-state index in [-0.39, 0.29) is 0 Å². The predicted octanol–water partition coefficient (Wildman–Crippen LogP) is 13.6. The third kappa shape index (κ3) is 3.50. The molecule has 0 amide bonds. The summed E-state index contributed by atoms with van der Waals surface area (Å²) in [7, 11) is 0. The second-order valence-electron chi connectivity index (χ2n) is 15.3. The Morgan fingerprint density at radius 3 is 1.45 bits per heavy atom. The molecular formula is C52H28N4. The highest BCUT2D eigenvalue weighted by Crippen LogP contribution is 2.50. The SMILES string of the molecule is c1ccc(-n2c3ccccc3c3ccc(-c4nc(-n5c6ccc7ccc8ccc9ccc%10ccc%11ccc5c5c%11c%10c9c8c7c56)nc5ccccc45)cc32)cc1. The van der Waals surface area contributed by atoms with Crippen molar-refractivity contribution in [2.45, 2.75) is 0 Å². The summed E-state index contributed by atoms with van der Waals surface area (Å²) in [5, 5.41) is 19.0. The number of hydrogen-bond acceptors (Lipinski definition) is 2. The summed E-state index contributed by atoms with van der Waals surface area (Å²) in [5.41, 5.74) is 8.60. The van der Waals surface area contributed by atoms with Crippen LogP contribution < -0.4 is 0 Å². The van der Waals surface area contributed by atoms with Crippen LogP contribution in [0.5, 0.6) is 0 Å². The first-order valence-corrected chi connectivity index (χ1v) is 19.3. The molecule has 0 bridgehead atoms. The summed E-state index contributed by atoms with van der Waals surface area (Å²) in [6.07, 6.45) is 0. The summed E-state index contributed by atoms with van der Waals surface area (Å²) in [6.45, 7) is 0. The van der Waals surface area contributed by atoms with Gasteiger partial charge in [-0.15, -0.1) is 0 Å². The molecule has 0 spiro atoms. The van der Waals surface area contributed by atoms with E-state index >= 15 is 0 Å². The lowest BCUT2D eigenvalue weighted by atomic mass is 9.92. The maximum Gasteiger partial charge on any atom is 0.235 e. The Morgan fingerprint density at radius 1 is 0.321 bits per heavy atom. The Bertz CT molecular complexity index is 3780. The lowest BCUT2D eigenvalue weighted by Crippen LogP contribution is -2.03. The monoisotopic (exact) mass is 708 g/mol. The van der Waals surface area contributed by atoms with Gasteiger partial charge in [0.2, 0.25) is 5.95 Å². The van der Waals surface area contributed by atoms with Gasteiger partial charge in [-0.05, 0) is 85.6 Å². The third-order valence-corrected chi connectivity index (χ3v) is 12.6. The van der Waals surface area contributed by atoms with E-state index in [4.69, 9.17) is 9.97 Å². The summed E-state index contributed by atoms with van der Waals surface area (Å²) < 4.78 is 4.70. The van der Waals surface area contributed by atoms with Crippen LogP contribution in [0.15, 0.2) is 170 Å². The molecule has 0 unspecified atom stereocenters. The molecule has 56 heavy (non-hydrogen) atoms. The van der Waals surface area contributed by atoms with Crippen LogP contribution in [0.1, 0.15) is 0 Å². The standard InChI is InChI=1S/C52H28N4/c1-2-8-35(9-3-1)55-40-13-7-5-10-36(40)37-25-22-34(28-43(37)55)51-38-11-4-6-12-39(38)53-52(54-51)56-41-26-23-32-20-18-30-16-14-29-15-17-31-19-21-33-24-27-42(56)50-48(33)46(31)44(29)45(30)47(32)49(41)50/h1-28H. The highest BCUT2D eigenvalue weighted by Gasteiger charge is 2.25. The van der Waals surface area contributed by atoms with Crippen LogP contribution in [0.25, 0.3) is 131 Å². The van der Waals surface area contributed by atoms with E-state index in [2.05, 4.69) is 179 Å². The van der Waals surface area contributed by atoms with Gasteiger partial charge in [-0.3, -0.25) is 4.57 Å². The van der Waals surface area contributed by atoms with Gasteiger partial charge in [0.1, 0.15) is 0 Å². The lowest BCUT2D eigenvalue weighted by molar-refractivity contribution is 1.01. The van der Waals surface area contributed by atoms with Crippen molar-refractivity contribution in [1.29, 1.82) is 0 Å². The van der Waals surface area contributed by atoms with Crippen LogP contribution in [-0.2, 0) is 0 Å². The molecule has 0 atom stereocenters. The quantitative estimate of drug-likeness (QED) is 0.171. The van der Waals surface area contributed by atoms with Gasteiger partial charge in [-0.25, -0.2) is 9.97 Å². The number of fused-ring (bicyclic) bond motifs is 4. The van der Waals surface area contributed by atoms with E-state index < -0.39 is 0 Å². The van der Waals surface area contributed by atoms with Crippen molar-refractivity contribution < 1.29 is 0 Å². The fraction of sp³-hybridized carbons (Fsp3) is 0. The Labute approximate surface area is 319 Å². The minimum Gasteiger partial charge on any atom is -0.309 e. The molecule has 0 saturated heterocycles. The lowest BCUT2D eigenvalue weighted by Gasteiger charge is -2.14. The molecule has 0 fully saturated rings. The molecule has 0 radical (unpaired) electrons. The molecule has 0 N–H and O–H groups in total. The third-order valence-electron chi connectivity index (χ3n) is 12.6. The van der Waals surface area contributed by atoms with Crippen molar-refractivity contribution in [2.75, 3.05) is 0 Å². The average Bonchev–Trinajstić information content (AvgIpc) is 3.73. The highest BCUT2D eigenvalue weighted by atomic mass is 15.2. The average molecular weight is 709 g/mol. The minimum absolute atomic E-state index is 0.674. The van der Waals surface area contributed by atoms with Gasteiger partial charge in [-0.1, -0.05) is 127 Å². The van der Waals surface area contributed by atoms with E-state index in [0.29, 0.717) is 5.95 Å². The maximum atomic E-state index is 5.59. The van der Waals surface area contributed by atoms with Crippen molar-refractivity contribution in [3.63, 3.8) is 0 Å². The zero-order valence-electron chi connectivity index (χ0n) is 30.0. The van der Waals surface area contributed by atoms with Crippen LogP contribution in [-0.4, -0.2) is 19.1 Å². The zero-order chi connectivity index (χ0) is 36.2. The van der Waals surface area contributed by atoms with Gasteiger partial charge < -0.3 is 4.57 Å². The molecule has 256 valence electrons. The molecule has 0 aliphatic carbocycles. The molecule has 4 heteroatoms. The summed E-state index contributed by atoms with van der Waals surface area (Å²) in [4.78, 5) is 11.0. The summed E-state index contributed by atoms with van der Waals surface area (Å²) >= 11 is 0. The van der Waals surface area contributed by atoms with E-state index in [1.807, 2.05) is 0 Å². The molecule has 14 aromatic rings. The highest BCUT2D eigenvalue weighted by molar-refractivity contribution is 6.45. The number of hydrogen-bond donors (Lipinski definition) is 0. The van der Waals surface area contributed by atoms with Gasteiger partial charge in [0.15, 0.2) is 0 Å². The maximum absolute atomic E-state index is 5.59. The number of rotatable bonds is 3. The van der Waals surface area contributed by atoms with Gasteiger partial charge in [-0.2, -0.15) is 0 Å². The van der Waals surface area contributed by atoms with Gasteiger partial charge >= 0.3 is 0 Å². The van der Waals surface area contributed by atoms with Gasteiger partial charge in [0, 0.05) is 49.0 Å². The summed E-state index contributed by atoms with van der Waals surface area (Å²) in [6, 6.07) is 62.1. The molecule has 0 aliphatic rings. The normalized spacial score (nSPS) is 12.6. The van der Waals surface area contributed by atoms with Crippen LogP contribution in [0.2, 0.25) is 0 Å². The fourth-order valence-corrected chi connectivity index (χ4v) is 10.2. The first-order chi connectivity index (χ1) is 27.8. The van der Waals surface area contributed by atoms with E-state index in [1.54, 1.807) is 0 Å². The largest absolute Gasteiger partial charge is 0.309 e. The Hall–Kier alpha value is -7.56. The second-order valence-corrected chi connectivity index (χ2v) is 15.3. The van der Waals surface area contributed by atoms with E-state index in [1.165, 1.54) is 80.9 Å². The van der Waals surface area contributed by atoms with E-state index in [9.17, 15) is 0 Å². The van der Waals surface area contributed by atoms with Crippen molar-refractivity contribution in [1.82, 2.24) is 19.1 Å². The molecule has 0 saturated carbocycles. The number of para-hydroxylation sites is 3. The number of aromatic nitrogens is 4. The fourth-order valence-electron chi connectivity index (χ4n) is 10.2. The molecule has 0 aliphatic heterocycles. The molecule has 3 aromatic heterocycles. The minimum atomic E-state index is 0.674. The first-order valence-electron chi connectivity index (χ1n) is 19.3. The topological polar surface area (TPSA) is 35.6 Å². The molecule has 3 heterocycles. The Balaban J connectivity index is 1.13. The Morgan fingerprint density at radius 2 is 0.821 bits per heavy atom. The number of nitrogens with zero attached hydrogens (tertiary/aromatic N) is 4. The zero-order valence-corrected chi connectivity index (χ0v) is 30.0. The van der Waals surface area contributed by atoms with Crippen molar-refractivity contribution in [2.24, 2.45) is 0 Å². The first kappa shape index (κ1) is 28.9. The number of benzene rings is 10. The smallest absolute Gasteiger partial charge is 0.235 e. The summed E-state index contributed by atoms with van der Waals surface area (Å²) in [5.74, 6) is 0.674. The second kappa shape index (κ2) is 10.1. The molecular weight excluding hydrogens is 681 g/mol. The molecule has 4 nitrogen and oxygen atoms in total. The molecule has 11 aromatic carbocycles. The van der Waals surface area contributed by atoms with Crippen molar-refractivity contribution in [3.05, 3.63) is 170 Å². The molecule has 14 rings (SSSR count). The van der Waals surface area contributed by atoms with Gasteiger partial charge in [0.05, 0.1) is 33.3 Å². The van der Waals surface area contributed by atoms with Crippen molar-refractivity contribution in [3.8, 4) is 22.9 Å². The van der Waals surface area contributed by atoms with Gasteiger partial charge in [0.25, 0.3) is 0 Å². The van der Waals surface area contributed by atoms with Crippen LogP contribution >= 0.6 is 0 Å². The van der Waals surface area contributed by atoms with Crippen molar-refractivity contribution >= 4 is 108 Å². The van der Waals surface area contributed by atoms with Crippen LogP contribution in [0, 0.1) is 0 Å². The van der Waals surface area contributed by atoms with Crippen LogP contribution in [0.3, 0.4) is 0 Å². The van der Waals surface area contributed by atoms with Crippen LogP contribution in [0.4, 0.5) is 0 Å².